The standard InChI is InChI=1S/C16H20N2O2/c1-3-6-12(10-16(19)20)18-15-9-11(2)17-14-8-5-4-7-13(14)15/h4-5,7-9,12H,3,6,10H2,1-2H3,(H,17,18)(H,19,20). The number of aliphatic carboxylic acids is 1. The molecule has 2 N–H and O–H groups in total. The lowest BCUT2D eigenvalue weighted by Gasteiger charge is -2.19. The fourth-order valence-corrected chi connectivity index (χ4v) is 2.43. The minimum atomic E-state index is -0.772. The van der Waals surface area contributed by atoms with Gasteiger partial charge in [-0.15, -0.1) is 0 Å². The predicted molar refractivity (Wildman–Crippen MR) is 81.1 cm³/mol. The normalized spacial score (nSPS) is 12.3. The zero-order valence-electron chi connectivity index (χ0n) is 11.9. The molecule has 1 aromatic carbocycles. The van der Waals surface area contributed by atoms with Crippen LogP contribution in [0.1, 0.15) is 31.9 Å². The molecule has 0 saturated heterocycles. The maximum Gasteiger partial charge on any atom is 0.305 e. The number of carboxylic acid groups (broad SMARTS) is 1. The molecule has 1 aromatic heterocycles. The van der Waals surface area contributed by atoms with Gasteiger partial charge >= 0.3 is 5.97 Å². The number of hydrogen-bond donors (Lipinski definition) is 2. The molecule has 0 aliphatic rings. The molecule has 0 radical (unpaired) electrons. The van der Waals surface area contributed by atoms with Crippen molar-refractivity contribution in [3.63, 3.8) is 0 Å². The highest BCUT2D eigenvalue weighted by Gasteiger charge is 2.14. The van der Waals surface area contributed by atoms with E-state index in [4.69, 9.17) is 5.11 Å². The van der Waals surface area contributed by atoms with Gasteiger partial charge in [-0.1, -0.05) is 31.5 Å². The van der Waals surface area contributed by atoms with Crippen LogP contribution in [0.3, 0.4) is 0 Å². The zero-order valence-corrected chi connectivity index (χ0v) is 11.9. The van der Waals surface area contributed by atoms with Gasteiger partial charge in [0.1, 0.15) is 0 Å². The highest BCUT2D eigenvalue weighted by molar-refractivity contribution is 5.91. The predicted octanol–water partition coefficient (Wildman–Crippen LogP) is 3.60. The number of fused-ring (bicyclic) bond motifs is 1. The summed E-state index contributed by atoms with van der Waals surface area (Å²) in [5.74, 6) is -0.772. The summed E-state index contributed by atoms with van der Waals surface area (Å²) in [6.07, 6.45) is 1.92. The number of pyridine rings is 1. The van der Waals surface area contributed by atoms with E-state index in [1.54, 1.807) is 0 Å². The Morgan fingerprint density at radius 2 is 2.15 bits per heavy atom. The van der Waals surface area contributed by atoms with Crippen LogP contribution in [0, 0.1) is 6.92 Å². The van der Waals surface area contributed by atoms with Gasteiger partial charge in [-0.3, -0.25) is 9.78 Å². The van der Waals surface area contributed by atoms with E-state index in [0.717, 1.165) is 35.1 Å². The minimum Gasteiger partial charge on any atom is -0.481 e. The smallest absolute Gasteiger partial charge is 0.305 e. The molecule has 1 atom stereocenters. The van der Waals surface area contributed by atoms with Crippen LogP contribution in [0.5, 0.6) is 0 Å². The van der Waals surface area contributed by atoms with Crippen molar-refractivity contribution in [2.45, 2.75) is 39.2 Å². The van der Waals surface area contributed by atoms with Gasteiger partial charge in [0.25, 0.3) is 0 Å². The quantitative estimate of drug-likeness (QED) is 0.843. The Kier molecular flexibility index (Phi) is 4.56. The number of nitrogens with one attached hydrogen (secondary N) is 1. The Balaban J connectivity index is 2.33. The number of nitrogens with zero attached hydrogens (tertiary/aromatic N) is 1. The van der Waals surface area contributed by atoms with E-state index in [2.05, 4.69) is 17.2 Å². The molecular formula is C16H20N2O2. The van der Waals surface area contributed by atoms with Gasteiger partial charge in [-0.25, -0.2) is 0 Å². The van der Waals surface area contributed by atoms with E-state index in [1.807, 2.05) is 37.3 Å². The number of carbonyl (C=O) groups is 1. The van der Waals surface area contributed by atoms with Gasteiger partial charge in [-0.05, 0) is 25.5 Å². The van der Waals surface area contributed by atoms with Gasteiger partial charge in [0.15, 0.2) is 0 Å². The summed E-state index contributed by atoms with van der Waals surface area (Å²) in [6, 6.07) is 9.83. The Hall–Kier alpha value is -2.10. The van der Waals surface area contributed by atoms with Gasteiger partial charge in [-0.2, -0.15) is 0 Å². The lowest BCUT2D eigenvalue weighted by molar-refractivity contribution is -0.137. The molecular weight excluding hydrogens is 252 g/mol. The third-order valence-electron chi connectivity index (χ3n) is 3.26. The van der Waals surface area contributed by atoms with Crippen LogP contribution in [-0.2, 0) is 4.79 Å². The van der Waals surface area contributed by atoms with Crippen molar-refractivity contribution in [2.24, 2.45) is 0 Å². The molecule has 4 nitrogen and oxygen atoms in total. The summed E-state index contributed by atoms with van der Waals surface area (Å²) in [7, 11) is 0. The summed E-state index contributed by atoms with van der Waals surface area (Å²) >= 11 is 0. The molecule has 0 spiro atoms. The summed E-state index contributed by atoms with van der Waals surface area (Å²) < 4.78 is 0. The molecule has 1 unspecified atom stereocenters. The number of para-hydroxylation sites is 1. The maximum absolute atomic E-state index is 11.0. The summed E-state index contributed by atoms with van der Waals surface area (Å²) in [5.41, 5.74) is 2.82. The molecule has 0 amide bonds. The van der Waals surface area contributed by atoms with Gasteiger partial charge in [0, 0.05) is 22.8 Å². The topological polar surface area (TPSA) is 62.2 Å². The van der Waals surface area contributed by atoms with E-state index in [9.17, 15) is 4.79 Å². The van der Waals surface area contributed by atoms with E-state index in [-0.39, 0.29) is 12.5 Å². The third kappa shape index (κ3) is 3.47. The number of hydrogen-bond acceptors (Lipinski definition) is 3. The molecule has 0 aliphatic carbocycles. The van der Waals surface area contributed by atoms with E-state index < -0.39 is 5.97 Å². The number of aryl methyl sites for hydroxylation is 1. The SMILES string of the molecule is CCCC(CC(=O)O)Nc1cc(C)nc2ccccc12. The third-order valence-corrected chi connectivity index (χ3v) is 3.26. The van der Waals surface area contributed by atoms with Crippen LogP contribution in [-0.4, -0.2) is 22.1 Å². The number of carboxylic acids is 1. The Morgan fingerprint density at radius 3 is 2.85 bits per heavy atom. The van der Waals surface area contributed by atoms with Crippen LogP contribution < -0.4 is 5.32 Å². The van der Waals surface area contributed by atoms with Crippen molar-refractivity contribution in [3.8, 4) is 0 Å². The van der Waals surface area contributed by atoms with Crippen molar-refractivity contribution in [1.82, 2.24) is 4.98 Å². The number of aromatic nitrogens is 1. The molecule has 0 fully saturated rings. The number of benzene rings is 1. The van der Waals surface area contributed by atoms with Crippen molar-refractivity contribution in [2.75, 3.05) is 5.32 Å². The highest BCUT2D eigenvalue weighted by Crippen LogP contribution is 2.24. The minimum absolute atomic E-state index is 0.0530. The average molecular weight is 272 g/mol. The first-order valence-corrected chi connectivity index (χ1v) is 6.95. The first-order valence-electron chi connectivity index (χ1n) is 6.95. The molecule has 0 bridgehead atoms. The Labute approximate surface area is 118 Å². The average Bonchev–Trinajstić information content (AvgIpc) is 2.38. The van der Waals surface area contributed by atoms with E-state index >= 15 is 0 Å². The van der Waals surface area contributed by atoms with Crippen LogP contribution >= 0.6 is 0 Å². The molecule has 0 saturated carbocycles. The van der Waals surface area contributed by atoms with Crippen LogP contribution in [0.25, 0.3) is 10.9 Å². The van der Waals surface area contributed by atoms with E-state index in [1.165, 1.54) is 0 Å². The largest absolute Gasteiger partial charge is 0.481 e. The molecule has 4 heteroatoms. The first kappa shape index (κ1) is 14.3. The van der Waals surface area contributed by atoms with E-state index in [0.29, 0.717) is 0 Å². The second kappa shape index (κ2) is 6.37. The second-order valence-electron chi connectivity index (χ2n) is 5.06. The zero-order chi connectivity index (χ0) is 14.5. The molecule has 2 aromatic rings. The first-order chi connectivity index (χ1) is 9.60. The van der Waals surface area contributed by atoms with Gasteiger partial charge < -0.3 is 10.4 Å². The fraction of sp³-hybridized carbons (Fsp3) is 0.375. The van der Waals surface area contributed by atoms with Crippen LogP contribution in [0.2, 0.25) is 0 Å². The second-order valence-corrected chi connectivity index (χ2v) is 5.06. The molecule has 106 valence electrons. The fourth-order valence-electron chi connectivity index (χ4n) is 2.43. The van der Waals surface area contributed by atoms with Crippen LogP contribution in [0.15, 0.2) is 30.3 Å². The lowest BCUT2D eigenvalue weighted by Crippen LogP contribution is -2.23. The summed E-state index contributed by atoms with van der Waals surface area (Å²) in [4.78, 5) is 15.4. The van der Waals surface area contributed by atoms with Crippen molar-refractivity contribution in [3.05, 3.63) is 36.0 Å². The van der Waals surface area contributed by atoms with Gasteiger partial charge in [0.2, 0.25) is 0 Å². The van der Waals surface area contributed by atoms with Crippen molar-refractivity contribution >= 4 is 22.6 Å². The monoisotopic (exact) mass is 272 g/mol. The number of rotatable bonds is 6. The van der Waals surface area contributed by atoms with Gasteiger partial charge in [0.05, 0.1) is 11.9 Å². The number of anilines is 1. The molecule has 1 heterocycles. The Morgan fingerprint density at radius 1 is 1.40 bits per heavy atom. The van der Waals surface area contributed by atoms with Crippen molar-refractivity contribution in [1.29, 1.82) is 0 Å². The molecule has 2 rings (SSSR count). The Bertz CT molecular complexity index is 610. The lowest BCUT2D eigenvalue weighted by atomic mass is 10.1. The molecule has 20 heavy (non-hydrogen) atoms. The molecule has 0 aliphatic heterocycles. The van der Waals surface area contributed by atoms with Crippen molar-refractivity contribution < 1.29 is 9.90 Å². The summed E-state index contributed by atoms with van der Waals surface area (Å²) in [6.45, 7) is 4.01. The summed E-state index contributed by atoms with van der Waals surface area (Å²) in [5, 5.41) is 13.4. The van der Waals surface area contributed by atoms with Crippen LogP contribution in [0.4, 0.5) is 5.69 Å². The highest BCUT2D eigenvalue weighted by atomic mass is 16.4. The maximum atomic E-state index is 11.0.